The van der Waals surface area contributed by atoms with Crippen LogP contribution in [0.1, 0.15) is 29.8 Å². The first kappa shape index (κ1) is 11.5. The topological polar surface area (TPSA) is 46.5 Å². The third-order valence-corrected chi connectivity index (χ3v) is 1.94. The molecule has 0 bridgehead atoms. The molecule has 0 atom stereocenters. The van der Waals surface area contributed by atoms with E-state index in [0.29, 0.717) is 0 Å². The minimum Gasteiger partial charge on any atom is -0.490 e. The molecule has 0 amide bonds. The Morgan fingerprint density at radius 1 is 1.47 bits per heavy atom. The summed E-state index contributed by atoms with van der Waals surface area (Å²) in [6, 6.07) is 2.55. The van der Waals surface area contributed by atoms with Gasteiger partial charge in [-0.3, -0.25) is 0 Å². The maximum atomic E-state index is 13.1. The van der Waals surface area contributed by atoms with Crippen LogP contribution in [0.2, 0.25) is 0 Å². The van der Waals surface area contributed by atoms with Crippen molar-refractivity contribution in [2.45, 2.75) is 26.9 Å². The van der Waals surface area contributed by atoms with Crippen molar-refractivity contribution in [3.63, 3.8) is 0 Å². The Kier molecular flexibility index (Phi) is 3.29. The second-order valence-corrected chi connectivity index (χ2v) is 3.52. The van der Waals surface area contributed by atoms with E-state index in [4.69, 9.17) is 9.84 Å². The molecular formula is C11H13FO3. The molecule has 0 saturated heterocycles. The summed E-state index contributed by atoms with van der Waals surface area (Å²) in [5.74, 6) is -1.51. The van der Waals surface area contributed by atoms with Crippen LogP contribution in [0.3, 0.4) is 0 Å². The molecule has 0 aliphatic rings. The lowest BCUT2D eigenvalue weighted by molar-refractivity contribution is 0.0689. The van der Waals surface area contributed by atoms with Gasteiger partial charge in [-0.25, -0.2) is 9.18 Å². The fourth-order valence-electron chi connectivity index (χ4n) is 1.28. The number of rotatable bonds is 3. The number of hydrogen-bond donors (Lipinski definition) is 1. The molecule has 1 aromatic rings. The normalized spacial score (nSPS) is 10.5. The van der Waals surface area contributed by atoms with Crippen LogP contribution in [-0.2, 0) is 0 Å². The van der Waals surface area contributed by atoms with Crippen LogP contribution in [0.4, 0.5) is 4.39 Å². The Labute approximate surface area is 87.5 Å². The molecule has 4 heteroatoms. The molecule has 1 aromatic carbocycles. The van der Waals surface area contributed by atoms with Crippen molar-refractivity contribution in [3.8, 4) is 5.75 Å². The van der Waals surface area contributed by atoms with Gasteiger partial charge in [0.25, 0.3) is 0 Å². The van der Waals surface area contributed by atoms with E-state index in [0.717, 1.165) is 0 Å². The van der Waals surface area contributed by atoms with Crippen LogP contribution in [0, 0.1) is 12.7 Å². The summed E-state index contributed by atoms with van der Waals surface area (Å²) in [6.07, 6.45) is -0.145. The summed E-state index contributed by atoms with van der Waals surface area (Å²) in [6.45, 7) is 4.99. The minimum atomic E-state index is -1.18. The van der Waals surface area contributed by atoms with E-state index in [9.17, 15) is 9.18 Å². The van der Waals surface area contributed by atoms with E-state index in [-0.39, 0.29) is 23.0 Å². The smallest absolute Gasteiger partial charge is 0.339 e. The highest BCUT2D eigenvalue weighted by atomic mass is 19.1. The van der Waals surface area contributed by atoms with E-state index < -0.39 is 11.8 Å². The van der Waals surface area contributed by atoms with Crippen molar-refractivity contribution >= 4 is 5.97 Å². The molecule has 0 fully saturated rings. The summed E-state index contributed by atoms with van der Waals surface area (Å²) in [5.41, 5.74) is -0.00986. The van der Waals surface area contributed by atoms with Crippen molar-refractivity contribution in [1.29, 1.82) is 0 Å². The van der Waals surface area contributed by atoms with Gasteiger partial charge in [0.05, 0.1) is 6.10 Å². The molecule has 0 aliphatic carbocycles. The van der Waals surface area contributed by atoms with Crippen LogP contribution in [0.15, 0.2) is 12.1 Å². The largest absolute Gasteiger partial charge is 0.490 e. The Morgan fingerprint density at radius 2 is 2.07 bits per heavy atom. The number of carbonyl (C=O) groups is 1. The summed E-state index contributed by atoms with van der Waals surface area (Å²) >= 11 is 0. The number of hydrogen-bond acceptors (Lipinski definition) is 2. The van der Waals surface area contributed by atoms with Gasteiger partial charge in [-0.1, -0.05) is 0 Å². The molecule has 3 nitrogen and oxygen atoms in total. The van der Waals surface area contributed by atoms with Crippen molar-refractivity contribution in [2.75, 3.05) is 0 Å². The number of aromatic carboxylic acids is 1. The van der Waals surface area contributed by atoms with E-state index in [1.807, 2.05) is 0 Å². The summed E-state index contributed by atoms with van der Waals surface area (Å²) in [5, 5.41) is 8.94. The van der Waals surface area contributed by atoms with Gasteiger partial charge >= 0.3 is 5.97 Å². The monoisotopic (exact) mass is 212 g/mol. The Balaban J connectivity index is 3.27. The first-order valence-corrected chi connectivity index (χ1v) is 4.62. The summed E-state index contributed by atoms with van der Waals surface area (Å²) in [4.78, 5) is 10.9. The molecule has 0 aliphatic heterocycles. The lowest BCUT2D eigenvalue weighted by atomic mass is 10.1. The molecule has 0 heterocycles. The Morgan fingerprint density at radius 3 is 2.53 bits per heavy atom. The van der Waals surface area contributed by atoms with Crippen LogP contribution in [-0.4, -0.2) is 17.2 Å². The lowest BCUT2D eigenvalue weighted by Crippen LogP contribution is -2.11. The molecule has 0 saturated carbocycles. The van der Waals surface area contributed by atoms with Crippen molar-refractivity contribution < 1.29 is 19.0 Å². The quantitative estimate of drug-likeness (QED) is 0.837. The van der Waals surface area contributed by atoms with Crippen LogP contribution >= 0.6 is 0 Å². The molecule has 15 heavy (non-hydrogen) atoms. The van der Waals surface area contributed by atoms with E-state index in [1.165, 1.54) is 19.1 Å². The van der Waals surface area contributed by atoms with Gasteiger partial charge in [0.15, 0.2) is 0 Å². The van der Waals surface area contributed by atoms with Crippen LogP contribution in [0.5, 0.6) is 5.75 Å². The SMILES string of the molecule is Cc1c(F)ccc(OC(C)C)c1C(=O)O. The van der Waals surface area contributed by atoms with Gasteiger partial charge in [0.2, 0.25) is 0 Å². The standard InChI is InChI=1S/C11H13FO3/c1-6(2)15-9-5-4-8(12)7(3)10(9)11(13)14/h4-6H,1-3H3,(H,13,14). The molecule has 0 unspecified atom stereocenters. The molecule has 1 N–H and O–H groups in total. The Hall–Kier alpha value is -1.58. The number of ether oxygens (including phenoxy) is 1. The zero-order chi connectivity index (χ0) is 11.6. The highest BCUT2D eigenvalue weighted by molar-refractivity contribution is 5.92. The van der Waals surface area contributed by atoms with Crippen molar-refractivity contribution in [3.05, 3.63) is 29.1 Å². The molecule has 0 aromatic heterocycles. The van der Waals surface area contributed by atoms with Gasteiger partial charge in [-0.2, -0.15) is 0 Å². The van der Waals surface area contributed by atoms with Crippen LogP contribution < -0.4 is 4.74 Å². The molecular weight excluding hydrogens is 199 g/mol. The van der Waals surface area contributed by atoms with E-state index in [1.54, 1.807) is 13.8 Å². The average molecular weight is 212 g/mol. The summed E-state index contributed by atoms with van der Waals surface area (Å²) in [7, 11) is 0. The number of benzene rings is 1. The van der Waals surface area contributed by atoms with Gasteiger partial charge in [0, 0.05) is 5.56 Å². The molecule has 0 radical (unpaired) electrons. The molecule has 1 rings (SSSR count). The van der Waals surface area contributed by atoms with Crippen molar-refractivity contribution in [2.24, 2.45) is 0 Å². The highest BCUT2D eigenvalue weighted by Crippen LogP contribution is 2.25. The maximum absolute atomic E-state index is 13.1. The second-order valence-electron chi connectivity index (χ2n) is 3.52. The lowest BCUT2D eigenvalue weighted by Gasteiger charge is -2.14. The minimum absolute atomic E-state index is 0.0978. The fourth-order valence-corrected chi connectivity index (χ4v) is 1.28. The molecule has 0 spiro atoms. The van der Waals surface area contributed by atoms with Crippen LogP contribution in [0.25, 0.3) is 0 Å². The number of carboxylic acids is 1. The van der Waals surface area contributed by atoms with Gasteiger partial charge < -0.3 is 9.84 Å². The second kappa shape index (κ2) is 4.29. The third kappa shape index (κ3) is 2.46. The number of halogens is 1. The van der Waals surface area contributed by atoms with Crippen molar-refractivity contribution in [1.82, 2.24) is 0 Å². The predicted octanol–water partition coefficient (Wildman–Crippen LogP) is 2.62. The Bertz CT molecular complexity index is 386. The average Bonchev–Trinajstić information content (AvgIpc) is 2.10. The first-order chi connectivity index (χ1) is 6.93. The zero-order valence-electron chi connectivity index (χ0n) is 8.87. The van der Waals surface area contributed by atoms with Gasteiger partial charge in [-0.15, -0.1) is 0 Å². The first-order valence-electron chi connectivity index (χ1n) is 4.62. The predicted molar refractivity (Wildman–Crippen MR) is 53.9 cm³/mol. The summed E-state index contributed by atoms with van der Waals surface area (Å²) < 4.78 is 18.4. The molecule has 82 valence electrons. The van der Waals surface area contributed by atoms with E-state index >= 15 is 0 Å². The van der Waals surface area contributed by atoms with Gasteiger partial charge in [-0.05, 0) is 32.9 Å². The highest BCUT2D eigenvalue weighted by Gasteiger charge is 2.18. The fraction of sp³-hybridized carbons (Fsp3) is 0.364. The maximum Gasteiger partial charge on any atom is 0.339 e. The third-order valence-electron chi connectivity index (χ3n) is 1.94. The number of carboxylic acid groups (broad SMARTS) is 1. The van der Waals surface area contributed by atoms with Gasteiger partial charge in [0.1, 0.15) is 17.1 Å². The van der Waals surface area contributed by atoms with E-state index in [2.05, 4.69) is 0 Å². The zero-order valence-corrected chi connectivity index (χ0v) is 8.87.